The van der Waals surface area contributed by atoms with Gasteiger partial charge in [0.15, 0.2) is 0 Å². The van der Waals surface area contributed by atoms with Crippen molar-refractivity contribution in [1.29, 1.82) is 0 Å². The lowest BCUT2D eigenvalue weighted by molar-refractivity contribution is -0.137. The highest BCUT2D eigenvalue weighted by atomic mass is 19.4. The highest BCUT2D eigenvalue weighted by Crippen LogP contribution is 2.36. The van der Waals surface area contributed by atoms with Crippen molar-refractivity contribution in [2.45, 2.75) is 19.6 Å². The third-order valence-corrected chi connectivity index (χ3v) is 5.77. The number of benzene rings is 2. The molecule has 0 spiro atoms. The summed E-state index contributed by atoms with van der Waals surface area (Å²) in [5.74, 6) is -0.217. The Bertz CT molecular complexity index is 1150. The van der Waals surface area contributed by atoms with Gasteiger partial charge in [0.25, 0.3) is 5.91 Å². The number of likely N-dealkylation sites (N-methyl/N-ethyl adjacent to an activating group) is 1. The monoisotopic (exact) mass is 447 g/mol. The van der Waals surface area contributed by atoms with E-state index in [-0.39, 0.29) is 17.0 Å². The minimum atomic E-state index is -4.51. The Hall–Kier alpha value is -3.04. The summed E-state index contributed by atoms with van der Waals surface area (Å²) in [4.78, 5) is 17.5. The summed E-state index contributed by atoms with van der Waals surface area (Å²) in [6.07, 6.45) is -4.51. The zero-order valence-electron chi connectivity index (χ0n) is 17.8. The lowest BCUT2D eigenvalue weighted by atomic mass is 10.0. The Morgan fingerprint density at radius 1 is 1.16 bits per heavy atom. The van der Waals surface area contributed by atoms with Crippen molar-refractivity contribution in [3.63, 3.8) is 0 Å². The fraction of sp³-hybridized carbons (Fsp3) is 0.348. The van der Waals surface area contributed by atoms with Crippen molar-refractivity contribution in [1.82, 2.24) is 9.80 Å². The summed E-state index contributed by atoms with van der Waals surface area (Å²) >= 11 is 0. The SMILES string of the molecule is Cc1oc2ccc(O)c(CN3CCN(C)CC3)c2c1C(=O)Nc1cccc(C(F)(F)F)c1. The van der Waals surface area contributed by atoms with Crippen LogP contribution in [0.15, 0.2) is 40.8 Å². The first kappa shape index (κ1) is 22.2. The zero-order valence-corrected chi connectivity index (χ0v) is 17.8. The maximum atomic E-state index is 13.1. The molecule has 9 heteroatoms. The standard InChI is InChI=1S/C23H24F3N3O3/c1-14-20(22(31)27-16-5-3-4-15(12-16)23(24,25)26)21-17(18(30)6-7-19(21)32-14)13-29-10-8-28(2)9-11-29/h3-7,12,30H,8-11,13H2,1-2H3,(H,27,31). The van der Waals surface area contributed by atoms with Crippen molar-refractivity contribution >= 4 is 22.6 Å². The number of fused-ring (bicyclic) bond motifs is 1. The number of anilines is 1. The van der Waals surface area contributed by atoms with Crippen molar-refractivity contribution in [2.24, 2.45) is 0 Å². The van der Waals surface area contributed by atoms with Crippen molar-refractivity contribution < 1.29 is 27.5 Å². The minimum Gasteiger partial charge on any atom is -0.508 e. The highest BCUT2D eigenvalue weighted by molar-refractivity contribution is 6.14. The van der Waals surface area contributed by atoms with Gasteiger partial charge < -0.3 is 19.7 Å². The molecular formula is C23H24F3N3O3. The van der Waals surface area contributed by atoms with Gasteiger partial charge in [0.05, 0.1) is 11.1 Å². The van der Waals surface area contributed by atoms with Gasteiger partial charge in [-0.3, -0.25) is 9.69 Å². The van der Waals surface area contributed by atoms with Crippen LogP contribution in [0.4, 0.5) is 18.9 Å². The van der Waals surface area contributed by atoms with E-state index in [1.807, 2.05) is 7.05 Å². The fourth-order valence-corrected chi connectivity index (χ4v) is 4.00. The number of halogens is 3. The van der Waals surface area contributed by atoms with Gasteiger partial charge in [-0.05, 0) is 44.3 Å². The van der Waals surface area contributed by atoms with E-state index in [1.165, 1.54) is 18.2 Å². The van der Waals surface area contributed by atoms with Gasteiger partial charge in [0.2, 0.25) is 0 Å². The number of hydrogen-bond acceptors (Lipinski definition) is 5. The number of phenols is 1. The van der Waals surface area contributed by atoms with Crippen LogP contribution in [0.3, 0.4) is 0 Å². The number of amides is 1. The van der Waals surface area contributed by atoms with Crippen molar-refractivity contribution in [3.05, 3.63) is 58.8 Å². The maximum Gasteiger partial charge on any atom is 0.416 e. The fourth-order valence-electron chi connectivity index (χ4n) is 4.00. The highest BCUT2D eigenvalue weighted by Gasteiger charge is 2.31. The van der Waals surface area contributed by atoms with Crippen LogP contribution >= 0.6 is 0 Å². The Morgan fingerprint density at radius 2 is 1.88 bits per heavy atom. The van der Waals surface area contributed by atoms with Gasteiger partial charge >= 0.3 is 6.18 Å². The summed E-state index contributed by atoms with van der Waals surface area (Å²) in [6, 6.07) is 7.59. The molecule has 3 aromatic rings. The molecule has 0 unspecified atom stereocenters. The second kappa shape index (κ2) is 8.48. The summed E-state index contributed by atoms with van der Waals surface area (Å²) in [5.41, 5.74) is 0.394. The van der Waals surface area contributed by atoms with Crippen LogP contribution in [0, 0.1) is 6.92 Å². The predicted octanol–water partition coefficient (Wildman–Crippen LogP) is 4.47. The van der Waals surface area contributed by atoms with Gasteiger partial charge in [0.1, 0.15) is 17.1 Å². The van der Waals surface area contributed by atoms with Crippen LogP contribution in [-0.2, 0) is 12.7 Å². The molecule has 1 aliphatic heterocycles. The number of nitrogens with zero attached hydrogens (tertiary/aromatic N) is 2. The van der Waals surface area contributed by atoms with Gasteiger partial charge in [-0.2, -0.15) is 13.2 Å². The van der Waals surface area contributed by atoms with Gasteiger partial charge in [0, 0.05) is 49.4 Å². The number of hydrogen-bond donors (Lipinski definition) is 2. The maximum absolute atomic E-state index is 13.1. The van der Waals surface area contributed by atoms with Gasteiger partial charge in [-0.1, -0.05) is 6.07 Å². The number of nitrogens with one attached hydrogen (secondary N) is 1. The third-order valence-electron chi connectivity index (χ3n) is 5.77. The summed E-state index contributed by atoms with van der Waals surface area (Å²) in [7, 11) is 2.05. The predicted molar refractivity (Wildman–Crippen MR) is 115 cm³/mol. The normalized spacial score (nSPS) is 15.9. The van der Waals surface area contributed by atoms with Crippen LogP contribution in [0.5, 0.6) is 5.75 Å². The molecule has 170 valence electrons. The lowest BCUT2D eigenvalue weighted by Crippen LogP contribution is -2.43. The van der Waals surface area contributed by atoms with Gasteiger partial charge in [-0.25, -0.2) is 0 Å². The van der Waals surface area contributed by atoms with E-state index in [1.54, 1.807) is 13.0 Å². The first-order valence-electron chi connectivity index (χ1n) is 10.3. The molecule has 1 aliphatic rings. The molecule has 0 radical (unpaired) electrons. The quantitative estimate of drug-likeness (QED) is 0.618. The number of aromatic hydroxyl groups is 1. The van der Waals surface area contributed by atoms with E-state index in [9.17, 15) is 23.1 Å². The number of alkyl halides is 3. The van der Waals surface area contributed by atoms with Crippen LogP contribution in [0.2, 0.25) is 0 Å². The third kappa shape index (κ3) is 4.44. The molecule has 4 rings (SSSR count). The Labute approximate surface area is 183 Å². The number of aryl methyl sites for hydroxylation is 1. The first-order chi connectivity index (χ1) is 15.1. The summed E-state index contributed by atoms with van der Waals surface area (Å²) in [6.45, 7) is 5.47. The summed E-state index contributed by atoms with van der Waals surface area (Å²) < 4.78 is 44.9. The number of phenolic OH excluding ortho intramolecular Hbond substituents is 1. The van der Waals surface area contributed by atoms with Crippen LogP contribution in [-0.4, -0.2) is 54.0 Å². The number of carbonyl (C=O) groups is 1. The lowest BCUT2D eigenvalue weighted by Gasteiger charge is -2.32. The molecule has 1 amide bonds. The van der Waals surface area contributed by atoms with E-state index in [0.29, 0.717) is 28.8 Å². The molecule has 0 aliphatic carbocycles. The van der Waals surface area contributed by atoms with Crippen molar-refractivity contribution in [2.75, 3.05) is 38.5 Å². The second-order valence-corrected chi connectivity index (χ2v) is 8.08. The van der Waals surface area contributed by atoms with E-state index in [2.05, 4.69) is 15.1 Å². The molecular weight excluding hydrogens is 423 g/mol. The molecule has 2 aromatic carbocycles. The van der Waals surface area contributed by atoms with E-state index in [0.717, 1.165) is 38.3 Å². The molecule has 1 fully saturated rings. The minimum absolute atomic E-state index is 0.0272. The molecule has 2 N–H and O–H groups in total. The van der Waals surface area contributed by atoms with Crippen molar-refractivity contribution in [3.8, 4) is 5.75 Å². The average molecular weight is 447 g/mol. The number of piperazine rings is 1. The van der Waals surface area contributed by atoms with Crippen LogP contribution in [0.1, 0.15) is 27.2 Å². The molecule has 32 heavy (non-hydrogen) atoms. The Kier molecular flexibility index (Phi) is 5.87. The van der Waals surface area contributed by atoms with E-state index in [4.69, 9.17) is 4.42 Å². The van der Waals surface area contributed by atoms with Crippen LogP contribution in [0.25, 0.3) is 11.0 Å². The molecule has 0 bridgehead atoms. The molecule has 2 heterocycles. The second-order valence-electron chi connectivity index (χ2n) is 8.08. The Balaban J connectivity index is 1.69. The molecule has 0 saturated carbocycles. The number of furan rings is 1. The van der Waals surface area contributed by atoms with Crippen LogP contribution < -0.4 is 5.32 Å². The smallest absolute Gasteiger partial charge is 0.416 e. The molecule has 1 aromatic heterocycles. The average Bonchev–Trinajstić information content (AvgIpc) is 3.07. The van der Waals surface area contributed by atoms with E-state index >= 15 is 0 Å². The van der Waals surface area contributed by atoms with E-state index < -0.39 is 17.6 Å². The topological polar surface area (TPSA) is 69.0 Å². The molecule has 1 saturated heterocycles. The number of carbonyl (C=O) groups excluding carboxylic acids is 1. The zero-order chi connectivity index (χ0) is 23.0. The molecule has 6 nitrogen and oxygen atoms in total. The molecule has 0 atom stereocenters. The first-order valence-corrected chi connectivity index (χ1v) is 10.3. The largest absolute Gasteiger partial charge is 0.508 e. The number of rotatable bonds is 4. The Morgan fingerprint density at radius 3 is 2.56 bits per heavy atom. The van der Waals surface area contributed by atoms with Gasteiger partial charge in [-0.15, -0.1) is 0 Å². The summed E-state index contributed by atoms with van der Waals surface area (Å²) in [5, 5.41) is 13.6.